The number of hydrogen-bond donors (Lipinski definition) is 1. The Bertz CT molecular complexity index is 1160. The molecule has 0 aliphatic carbocycles. The third-order valence-electron chi connectivity index (χ3n) is 4.72. The Labute approximate surface area is 207 Å². The minimum absolute atomic E-state index is 0.0974. The van der Waals surface area contributed by atoms with Crippen LogP contribution in [0, 0.1) is 0 Å². The summed E-state index contributed by atoms with van der Waals surface area (Å²) in [6.07, 6.45) is 1.73. The molecule has 1 heterocycles. The number of carbonyl (C=O) groups excluding carboxylic acids is 1. The lowest BCUT2D eigenvalue weighted by Crippen LogP contribution is -2.15. The molecule has 0 atom stereocenters. The van der Waals surface area contributed by atoms with Crippen molar-refractivity contribution in [1.29, 1.82) is 0 Å². The van der Waals surface area contributed by atoms with Gasteiger partial charge in [0.15, 0.2) is 22.5 Å². The minimum Gasteiger partial charge on any atom is -0.495 e. The molecule has 3 rings (SSSR count). The first-order valence-electron chi connectivity index (χ1n) is 10.1. The topological polar surface area (TPSA) is 96.7 Å². The molecule has 0 bridgehead atoms. The maximum absolute atomic E-state index is 12.6. The van der Waals surface area contributed by atoms with E-state index in [1.807, 2.05) is 4.57 Å². The summed E-state index contributed by atoms with van der Waals surface area (Å²) < 4.78 is 23.4. The molecule has 34 heavy (non-hydrogen) atoms. The Kier molecular flexibility index (Phi) is 8.67. The number of nitrogens with one attached hydrogen (secondary N) is 1. The summed E-state index contributed by atoms with van der Waals surface area (Å²) in [5.74, 6) is 2.41. The van der Waals surface area contributed by atoms with Crippen LogP contribution in [0.25, 0.3) is 11.4 Å². The molecule has 0 aliphatic heterocycles. The van der Waals surface area contributed by atoms with Gasteiger partial charge in [-0.1, -0.05) is 29.4 Å². The summed E-state index contributed by atoms with van der Waals surface area (Å²) in [4.78, 5) is 12.6. The first-order chi connectivity index (χ1) is 16.4. The molecule has 1 amide bonds. The molecule has 0 unspecified atom stereocenters. The van der Waals surface area contributed by atoms with Gasteiger partial charge in [-0.25, -0.2) is 0 Å². The molecule has 0 fully saturated rings. The highest BCUT2D eigenvalue weighted by molar-refractivity contribution is 7.99. The smallest absolute Gasteiger partial charge is 0.234 e. The number of carbonyl (C=O) groups is 1. The van der Waals surface area contributed by atoms with Crippen molar-refractivity contribution in [2.45, 2.75) is 11.7 Å². The van der Waals surface area contributed by atoms with E-state index in [2.05, 4.69) is 22.1 Å². The zero-order valence-electron chi connectivity index (χ0n) is 19.3. The molecule has 9 nitrogen and oxygen atoms in total. The van der Waals surface area contributed by atoms with Crippen molar-refractivity contribution in [3.8, 4) is 34.4 Å². The Morgan fingerprint density at radius 1 is 1.06 bits per heavy atom. The Morgan fingerprint density at radius 2 is 1.74 bits per heavy atom. The average molecular weight is 505 g/mol. The summed E-state index contributed by atoms with van der Waals surface area (Å²) in [5.41, 5.74) is 1.20. The Morgan fingerprint density at radius 3 is 2.32 bits per heavy atom. The largest absolute Gasteiger partial charge is 0.495 e. The van der Waals surface area contributed by atoms with Crippen molar-refractivity contribution in [3.63, 3.8) is 0 Å². The fourth-order valence-corrected chi connectivity index (χ4v) is 4.13. The highest BCUT2D eigenvalue weighted by Crippen LogP contribution is 2.41. The quantitative estimate of drug-likeness (QED) is 0.300. The van der Waals surface area contributed by atoms with E-state index < -0.39 is 0 Å². The first-order valence-corrected chi connectivity index (χ1v) is 11.4. The molecule has 0 aliphatic rings. The van der Waals surface area contributed by atoms with Gasteiger partial charge in [-0.2, -0.15) is 0 Å². The number of allylic oxidation sites excluding steroid dienone is 1. The number of ether oxygens (including phenoxy) is 4. The van der Waals surface area contributed by atoms with Gasteiger partial charge in [-0.15, -0.1) is 16.8 Å². The standard InChI is InChI=1S/C23H25ClN4O5S/c1-6-9-28-22(14-10-18(31-3)21(33-5)19(11-14)32-4)26-27-23(28)34-13-20(29)25-16-12-15(24)7-8-17(16)30-2/h6-8,10-12H,1,9,13H2,2-5H3,(H,25,29). The third kappa shape index (κ3) is 5.57. The summed E-state index contributed by atoms with van der Waals surface area (Å²) >= 11 is 7.28. The lowest BCUT2D eigenvalue weighted by Gasteiger charge is -2.14. The monoisotopic (exact) mass is 504 g/mol. The number of benzene rings is 2. The van der Waals surface area contributed by atoms with E-state index in [1.165, 1.54) is 18.9 Å². The normalized spacial score (nSPS) is 10.5. The molecule has 0 radical (unpaired) electrons. The summed E-state index contributed by atoms with van der Waals surface area (Å²) in [6.45, 7) is 4.26. The van der Waals surface area contributed by atoms with Crippen LogP contribution in [0.1, 0.15) is 0 Å². The van der Waals surface area contributed by atoms with Gasteiger partial charge in [0.2, 0.25) is 11.7 Å². The minimum atomic E-state index is -0.243. The van der Waals surface area contributed by atoms with Crippen LogP contribution in [0.15, 0.2) is 48.1 Å². The molecule has 11 heteroatoms. The number of anilines is 1. The number of amides is 1. The second-order valence-electron chi connectivity index (χ2n) is 6.80. The van der Waals surface area contributed by atoms with Crippen molar-refractivity contribution < 1.29 is 23.7 Å². The fraction of sp³-hybridized carbons (Fsp3) is 0.261. The molecular weight excluding hydrogens is 480 g/mol. The number of halogens is 1. The lowest BCUT2D eigenvalue weighted by atomic mass is 10.1. The van der Waals surface area contributed by atoms with Crippen molar-refractivity contribution >= 4 is 35.0 Å². The van der Waals surface area contributed by atoms with Gasteiger partial charge in [0.1, 0.15) is 5.75 Å². The van der Waals surface area contributed by atoms with Crippen molar-refractivity contribution in [2.24, 2.45) is 0 Å². The zero-order chi connectivity index (χ0) is 24.7. The van der Waals surface area contributed by atoms with Gasteiger partial charge >= 0.3 is 0 Å². The van der Waals surface area contributed by atoms with Crippen LogP contribution in [-0.2, 0) is 11.3 Å². The Hall–Kier alpha value is -3.37. The highest BCUT2D eigenvalue weighted by Gasteiger charge is 2.20. The molecule has 0 spiro atoms. The number of aromatic nitrogens is 3. The van der Waals surface area contributed by atoms with Crippen LogP contribution < -0.4 is 24.3 Å². The van der Waals surface area contributed by atoms with Gasteiger partial charge in [0, 0.05) is 17.1 Å². The van der Waals surface area contributed by atoms with E-state index in [9.17, 15) is 4.79 Å². The third-order valence-corrected chi connectivity index (χ3v) is 5.92. The predicted octanol–water partition coefficient (Wildman–Crippen LogP) is 4.55. The van der Waals surface area contributed by atoms with E-state index in [1.54, 1.807) is 57.7 Å². The first kappa shape index (κ1) is 25.3. The SMILES string of the molecule is C=CCn1c(SCC(=O)Nc2cc(Cl)ccc2OC)nnc1-c1cc(OC)c(OC)c(OC)c1. The second-order valence-corrected chi connectivity index (χ2v) is 8.18. The maximum atomic E-state index is 12.6. The van der Waals surface area contributed by atoms with Crippen LogP contribution in [0.3, 0.4) is 0 Å². The van der Waals surface area contributed by atoms with Crippen LogP contribution in [0.2, 0.25) is 5.02 Å². The van der Waals surface area contributed by atoms with Crippen LogP contribution >= 0.6 is 23.4 Å². The highest BCUT2D eigenvalue weighted by atomic mass is 35.5. The fourth-order valence-electron chi connectivity index (χ4n) is 3.21. The molecular formula is C23H25ClN4O5S. The van der Waals surface area contributed by atoms with Crippen LogP contribution in [-0.4, -0.2) is 54.9 Å². The number of methoxy groups -OCH3 is 4. The molecule has 3 aromatic rings. The molecule has 0 saturated carbocycles. The van der Waals surface area contributed by atoms with E-state index in [0.29, 0.717) is 56.8 Å². The number of nitrogens with zero attached hydrogens (tertiary/aromatic N) is 3. The summed E-state index contributed by atoms with van der Waals surface area (Å²) in [6, 6.07) is 8.59. The maximum Gasteiger partial charge on any atom is 0.234 e. The van der Waals surface area contributed by atoms with Gasteiger partial charge in [0.05, 0.1) is 39.9 Å². The molecule has 0 saturated heterocycles. The Balaban J connectivity index is 1.84. The van der Waals surface area contributed by atoms with E-state index in [-0.39, 0.29) is 11.7 Å². The van der Waals surface area contributed by atoms with E-state index in [4.69, 9.17) is 30.5 Å². The van der Waals surface area contributed by atoms with Gasteiger partial charge < -0.3 is 24.3 Å². The second kappa shape index (κ2) is 11.7. The van der Waals surface area contributed by atoms with Crippen molar-refractivity contribution in [3.05, 3.63) is 48.0 Å². The van der Waals surface area contributed by atoms with Gasteiger partial charge in [0.25, 0.3) is 0 Å². The van der Waals surface area contributed by atoms with E-state index in [0.717, 1.165) is 0 Å². The van der Waals surface area contributed by atoms with Gasteiger partial charge in [-0.05, 0) is 30.3 Å². The van der Waals surface area contributed by atoms with Crippen LogP contribution in [0.4, 0.5) is 5.69 Å². The number of thioether (sulfide) groups is 1. The molecule has 1 N–H and O–H groups in total. The number of rotatable bonds is 11. The predicted molar refractivity (Wildman–Crippen MR) is 133 cm³/mol. The molecule has 1 aromatic heterocycles. The number of hydrogen-bond acceptors (Lipinski definition) is 8. The lowest BCUT2D eigenvalue weighted by molar-refractivity contribution is -0.113. The summed E-state index contributed by atoms with van der Waals surface area (Å²) in [7, 11) is 6.16. The molecule has 2 aromatic carbocycles. The van der Waals surface area contributed by atoms with Gasteiger partial charge in [-0.3, -0.25) is 9.36 Å². The summed E-state index contributed by atoms with van der Waals surface area (Å²) in [5, 5.41) is 12.5. The van der Waals surface area contributed by atoms with Crippen molar-refractivity contribution in [2.75, 3.05) is 39.5 Å². The average Bonchev–Trinajstić information content (AvgIpc) is 3.24. The zero-order valence-corrected chi connectivity index (χ0v) is 20.8. The van der Waals surface area contributed by atoms with E-state index >= 15 is 0 Å². The van der Waals surface area contributed by atoms with Crippen molar-refractivity contribution in [1.82, 2.24) is 14.8 Å². The van der Waals surface area contributed by atoms with Crippen LogP contribution in [0.5, 0.6) is 23.0 Å². The molecule has 180 valence electrons.